The number of allylic oxidation sites excluding steroid dienone is 1. The zero-order valence-electron chi connectivity index (χ0n) is 21.1. The summed E-state index contributed by atoms with van der Waals surface area (Å²) in [6.07, 6.45) is 7.21. The minimum absolute atomic E-state index is 0.145. The van der Waals surface area contributed by atoms with Gasteiger partial charge in [0, 0.05) is 20.0 Å². The lowest BCUT2D eigenvalue weighted by molar-refractivity contribution is -0.136. The van der Waals surface area contributed by atoms with E-state index in [1.807, 2.05) is 37.3 Å². The second-order valence-electron chi connectivity index (χ2n) is 8.18. The van der Waals surface area contributed by atoms with E-state index in [-0.39, 0.29) is 6.42 Å². The third kappa shape index (κ3) is 12.8. The molecule has 0 aromatic heterocycles. The Balaban J connectivity index is 0.00000133. The summed E-state index contributed by atoms with van der Waals surface area (Å²) in [4.78, 5) is 16.7. The van der Waals surface area contributed by atoms with Crippen LogP contribution < -0.4 is 10.5 Å². The summed E-state index contributed by atoms with van der Waals surface area (Å²) >= 11 is 0. The number of rotatable bonds is 13. The lowest BCUT2D eigenvalue weighted by atomic mass is 10.1. The molecule has 0 heterocycles. The number of aliphatic carboxylic acids is 1. The molecule has 6 heteroatoms. The van der Waals surface area contributed by atoms with Crippen LogP contribution in [0.15, 0.2) is 65.8 Å². The topological polar surface area (TPSA) is 88.1 Å². The number of benzene rings is 2. The van der Waals surface area contributed by atoms with Gasteiger partial charge in [-0.15, -0.1) is 0 Å². The quantitative estimate of drug-likeness (QED) is 0.390. The van der Waals surface area contributed by atoms with Gasteiger partial charge in [-0.2, -0.15) is 0 Å². The maximum Gasteiger partial charge on any atom is 0.303 e. The molecule has 0 spiro atoms. The van der Waals surface area contributed by atoms with Crippen molar-refractivity contribution in [1.29, 1.82) is 0 Å². The molecule has 2 aromatic carbocycles. The fraction of sp³-hybridized carbons (Fsp3) is 0.429. The molecule has 3 N–H and O–H groups in total. The molecule has 1 unspecified atom stereocenters. The van der Waals surface area contributed by atoms with Crippen LogP contribution in [0.4, 0.5) is 0 Å². The minimum atomic E-state index is -0.779. The number of carboxylic acid groups (broad SMARTS) is 1. The predicted octanol–water partition coefficient (Wildman–Crippen LogP) is 5.31. The Morgan fingerprint density at radius 2 is 1.71 bits per heavy atom. The zero-order valence-corrected chi connectivity index (χ0v) is 21.1. The molecule has 2 rings (SSSR count). The molecular formula is C28H41N3O3. The van der Waals surface area contributed by atoms with Crippen molar-refractivity contribution in [2.75, 3.05) is 20.1 Å². The Hall–Kier alpha value is -3.12. The molecule has 0 amide bonds. The van der Waals surface area contributed by atoms with Crippen LogP contribution in [0.3, 0.4) is 0 Å². The monoisotopic (exact) mass is 467 g/mol. The summed E-state index contributed by atoms with van der Waals surface area (Å²) in [5, 5.41) is 8.76. The van der Waals surface area contributed by atoms with Crippen LogP contribution in [0, 0.1) is 5.92 Å². The summed E-state index contributed by atoms with van der Waals surface area (Å²) in [6.45, 7) is 9.79. The van der Waals surface area contributed by atoms with E-state index < -0.39 is 5.97 Å². The molecule has 186 valence electrons. The van der Waals surface area contributed by atoms with E-state index in [0.717, 1.165) is 42.9 Å². The van der Waals surface area contributed by atoms with Crippen LogP contribution in [-0.2, 0) is 24.4 Å². The van der Waals surface area contributed by atoms with Gasteiger partial charge in [0.25, 0.3) is 0 Å². The van der Waals surface area contributed by atoms with Gasteiger partial charge in [-0.3, -0.25) is 9.69 Å². The van der Waals surface area contributed by atoms with Crippen molar-refractivity contribution in [2.24, 2.45) is 16.6 Å². The summed E-state index contributed by atoms with van der Waals surface area (Å²) in [6, 6.07) is 16.2. The molecule has 2 aromatic rings. The Morgan fingerprint density at radius 1 is 1.12 bits per heavy atom. The lowest BCUT2D eigenvalue weighted by Crippen LogP contribution is -2.25. The van der Waals surface area contributed by atoms with Crippen molar-refractivity contribution < 1.29 is 14.6 Å². The first-order valence-electron chi connectivity index (χ1n) is 11.9. The van der Waals surface area contributed by atoms with E-state index in [1.54, 1.807) is 19.5 Å². The predicted molar refractivity (Wildman–Crippen MR) is 141 cm³/mol. The van der Waals surface area contributed by atoms with E-state index in [0.29, 0.717) is 18.9 Å². The molecule has 34 heavy (non-hydrogen) atoms. The smallest absolute Gasteiger partial charge is 0.303 e. The Bertz CT molecular complexity index is 857. The second-order valence-corrected chi connectivity index (χ2v) is 8.18. The van der Waals surface area contributed by atoms with Crippen molar-refractivity contribution in [3.63, 3.8) is 0 Å². The fourth-order valence-electron chi connectivity index (χ4n) is 3.19. The molecule has 0 bridgehead atoms. The molecule has 0 aliphatic heterocycles. The van der Waals surface area contributed by atoms with Gasteiger partial charge >= 0.3 is 5.97 Å². The maximum absolute atomic E-state index is 10.6. The van der Waals surface area contributed by atoms with Crippen LogP contribution >= 0.6 is 0 Å². The number of ether oxygens (including phenoxy) is 1. The van der Waals surface area contributed by atoms with E-state index in [1.165, 1.54) is 5.56 Å². The average molecular weight is 468 g/mol. The average Bonchev–Trinajstić information content (AvgIpc) is 2.85. The molecule has 6 nitrogen and oxygen atoms in total. The summed E-state index contributed by atoms with van der Waals surface area (Å²) in [5.74, 6) is 0.505. The minimum Gasteiger partial charge on any atom is -0.489 e. The first-order valence-corrected chi connectivity index (χ1v) is 11.9. The van der Waals surface area contributed by atoms with Gasteiger partial charge in [0.1, 0.15) is 12.4 Å². The highest BCUT2D eigenvalue weighted by Gasteiger charge is 2.06. The van der Waals surface area contributed by atoms with Gasteiger partial charge in [0.15, 0.2) is 0 Å². The van der Waals surface area contributed by atoms with Crippen LogP contribution in [0.1, 0.15) is 50.3 Å². The Morgan fingerprint density at radius 3 is 2.24 bits per heavy atom. The molecule has 0 saturated carbocycles. The fourth-order valence-corrected chi connectivity index (χ4v) is 3.19. The Labute approximate surface area is 205 Å². The highest BCUT2D eigenvalue weighted by Crippen LogP contribution is 2.16. The van der Waals surface area contributed by atoms with Crippen molar-refractivity contribution in [2.45, 2.75) is 53.2 Å². The molecule has 0 aliphatic carbocycles. The normalized spacial score (nSPS) is 12.0. The number of carbonyl (C=O) groups is 1. The third-order valence-electron chi connectivity index (χ3n) is 5.43. The van der Waals surface area contributed by atoms with E-state index in [4.69, 9.17) is 15.6 Å². The standard InChI is InChI=1S/C25H34N2O3.C3H7N/c1-3-27(17-15-20(2)14-16-26)18-22-4-6-23(7-5-22)19-30-24-11-8-21(9-12-24)10-13-25(28)29;1-3-4-2/h4-9,11-12,14,16,20H,3,10,13,15,17-19,26H2,1-2H3,(H,28,29);3H,1-2H3/b16-14+;. The molecule has 1 atom stereocenters. The summed E-state index contributed by atoms with van der Waals surface area (Å²) in [5.41, 5.74) is 8.90. The van der Waals surface area contributed by atoms with Crippen LogP contribution in [0.5, 0.6) is 5.75 Å². The summed E-state index contributed by atoms with van der Waals surface area (Å²) < 4.78 is 5.86. The van der Waals surface area contributed by atoms with Gasteiger partial charge < -0.3 is 20.6 Å². The lowest BCUT2D eigenvalue weighted by Gasteiger charge is -2.21. The largest absolute Gasteiger partial charge is 0.489 e. The summed E-state index contributed by atoms with van der Waals surface area (Å²) in [7, 11) is 1.75. The molecule has 0 saturated heterocycles. The maximum atomic E-state index is 10.6. The van der Waals surface area contributed by atoms with Gasteiger partial charge in [-0.25, -0.2) is 0 Å². The van der Waals surface area contributed by atoms with Crippen LogP contribution in [0.2, 0.25) is 0 Å². The van der Waals surface area contributed by atoms with Crippen molar-refractivity contribution >= 4 is 12.2 Å². The van der Waals surface area contributed by atoms with Gasteiger partial charge in [-0.05, 0) is 80.0 Å². The first kappa shape index (κ1) is 28.9. The number of aliphatic imine (C=N–C) groups is 1. The molecular weight excluding hydrogens is 426 g/mol. The van der Waals surface area contributed by atoms with Crippen molar-refractivity contribution in [1.82, 2.24) is 4.90 Å². The van der Waals surface area contributed by atoms with E-state index >= 15 is 0 Å². The number of hydrogen-bond donors (Lipinski definition) is 2. The SMILES string of the molecule is CC=NC.CCN(CCC(C)/C=C/N)Cc1ccc(COc2ccc(CCC(=O)O)cc2)cc1. The van der Waals surface area contributed by atoms with E-state index in [9.17, 15) is 4.79 Å². The van der Waals surface area contributed by atoms with Crippen molar-refractivity contribution in [3.8, 4) is 5.75 Å². The third-order valence-corrected chi connectivity index (χ3v) is 5.43. The number of nitrogens with zero attached hydrogens (tertiary/aromatic N) is 2. The number of carboxylic acids is 1. The van der Waals surface area contributed by atoms with Gasteiger partial charge in [-0.1, -0.05) is 56.3 Å². The molecule has 0 fully saturated rings. The first-order chi connectivity index (χ1) is 16.4. The number of aryl methyl sites for hydroxylation is 1. The number of hydrogen-bond acceptors (Lipinski definition) is 5. The highest BCUT2D eigenvalue weighted by atomic mass is 16.5. The zero-order chi connectivity index (χ0) is 25.2. The van der Waals surface area contributed by atoms with Crippen LogP contribution in [0.25, 0.3) is 0 Å². The molecule has 0 aliphatic rings. The van der Waals surface area contributed by atoms with Gasteiger partial charge in [0.05, 0.1) is 0 Å². The van der Waals surface area contributed by atoms with Crippen LogP contribution in [-0.4, -0.2) is 42.3 Å². The number of nitrogens with two attached hydrogens (primary N) is 1. The second kappa shape index (κ2) is 17.4. The van der Waals surface area contributed by atoms with Crippen molar-refractivity contribution in [3.05, 3.63) is 77.5 Å². The van der Waals surface area contributed by atoms with E-state index in [2.05, 4.69) is 48.0 Å². The van der Waals surface area contributed by atoms with Gasteiger partial charge in [0.2, 0.25) is 0 Å². The Kier molecular flexibility index (Phi) is 14.8. The highest BCUT2D eigenvalue weighted by molar-refractivity contribution is 5.67. The molecule has 0 radical (unpaired) electrons.